The molecule has 0 aliphatic carbocycles. The van der Waals surface area contributed by atoms with Crippen LogP contribution in [0, 0.1) is 5.92 Å². The Morgan fingerprint density at radius 3 is 3.00 bits per heavy atom. The number of benzene rings is 1. The number of nitrogens with zero attached hydrogens (tertiary/aromatic N) is 2. The molecule has 7 heteroatoms. The van der Waals surface area contributed by atoms with Crippen molar-refractivity contribution in [2.24, 2.45) is 5.92 Å². The fourth-order valence-electron chi connectivity index (χ4n) is 3.32. The van der Waals surface area contributed by atoms with Gasteiger partial charge in [0.15, 0.2) is 0 Å². The van der Waals surface area contributed by atoms with Gasteiger partial charge >= 0.3 is 0 Å². The van der Waals surface area contributed by atoms with Crippen LogP contribution < -0.4 is 10.6 Å². The number of amides is 1. The molecule has 2 N–H and O–H groups in total. The summed E-state index contributed by atoms with van der Waals surface area (Å²) < 4.78 is 0. The van der Waals surface area contributed by atoms with E-state index in [-0.39, 0.29) is 24.2 Å². The van der Waals surface area contributed by atoms with Crippen LogP contribution in [-0.4, -0.2) is 35.4 Å². The van der Waals surface area contributed by atoms with E-state index in [1.807, 2.05) is 17.6 Å². The van der Waals surface area contributed by atoms with Crippen LogP contribution in [0.4, 0.5) is 5.69 Å². The molecule has 1 aromatic carbocycles. The second-order valence-corrected chi connectivity index (χ2v) is 7.64. The molecule has 0 radical (unpaired) electrons. The molecule has 1 amide bonds. The smallest absolute Gasteiger partial charge is 0.227 e. The molecule has 5 nitrogen and oxygen atoms in total. The number of hydrogen-bond donors (Lipinski definition) is 2. The average molecular weight is 395 g/mol. The molecule has 2 aromatic rings. The van der Waals surface area contributed by atoms with E-state index in [1.165, 1.54) is 5.56 Å². The quantitative estimate of drug-likeness (QED) is 0.787. The molecule has 1 aliphatic rings. The lowest BCUT2D eigenvalue weighted by Gasteiger charge is -2.27. The number of carbonyl (C=O) groups excluding carboxylic acids is 1. The molecule has 2 heterocycles. The van der Waals surface area contributed by atoms with Gasteiger partial charge in [-0.2, -0.15) is 0 Å². The zero-order chi connectivity index (χ0) is 17.6. The highest BCUT2D eigenvalue weighted by atomic mass is 35.5. The van der Waals surface area contributed by atoms with Gasteiger partial charge in [-0.1, -0.05) is 12.1 Å². The van der Waals surface area contributed by atoms with Crippen molar-refractivity contribution in [3.05, 3.63) is 46.4 Å². The molecule has 1 saturated heterocycles. The summed E-state index contributed by atoms with van der Waals surface area (Å²) in [4.78, 5) is 19.1. The summed E-state index contributed by atoms with van der Waals surface area (Å²) in [5.41, 5.74) is 5.03. The van der Waals surface area contributed by atoms with Gasteiger partial charge in [-0.25, -0.2) is 4.98 Å². The molecule has 0 saturated carbocycles. The van der Waals surface area contributed by atoms with Crippen LogP contribution in [0.5, 0.6) is 0 Å². The first-order valence-corrected chi connectivity index (χ1v) is 9.73. The largest absolute Gasteiger partial charge is 0.326 e. The van der Waals surface area contributed by atoms with Crippen molar-refractivity contribution in [3.8, 4) is 0 Å². The number of thiazole rings is 1. The molecule has 0 unspecified atom stereocenters. The van der Waals surface area contributed by atoms with Gasteiger partial charge in [0, 0.05) is 36.1 Å². The SMILES string of the molecule is C[C@H]1C[C@@H](C(=O)Nc2cccc(CN(C)Cc3cscn3)c2)CCN1.Cl. The van der Waals surface area contributed by atoms with Crippen molar-refractivity contribution in [1.82, 2.24) is 15.2 Å². The normalized spacial score (nSPS) is 19.8. The van der Waals surface area contributed by atoms with Gasteiger partial charge in [-0.05, 0) is 51.1 Å². The lowest BCUT2D eigenvalue weighted by atomic mass is 9.92. The van der Waals surface area contributed by atoms with Crippen LogP contribution >= 0.6 is 23.7 Å². The third kappa shape index (κ3) is 6.06. The van der Waals surface area contributed by atoms with Crippen molar-refractivity contribution in [2.75, 3.05) is 18.9 Å². The number of rotatable bonds is 6. The lowest BCUT2D eigenvalue weighted by molar-refractivity contribution is -0.120. The maximum Gasteiger partial charge on any atom is 0.227 e. The molecule has 1 aromatic heterocycles. The fourth-order valence-corrected chi connectivity index (χ4v) is 3.87. The van der Waals surface area contributed by atoms with Gasteiger partial charge < -0.3 is 10.6 Å². The Balaban J connectivity index is 0.00000243. The number of aromatic nitrogens is 1. The molecular weight excluding hydrogens is 368 g/mol. The van der Waals surface area contributed by atoms with Gasteiger partial charge in [0.1, 0.15) is 0 Å². The van der Waals surface area contributed by atoms with E-state index < -0.39 is 0 Å². The van der Waals surface area contributed by atoms with E-state index >= 15 is 0 Å². The minimum Gasteiger partial charge on any atom is -0.326 e. The second kappa shape index (κ2) is 10.0. The number of nitrogens with one attached hydrogen (secondary N) is 2. The zero-order valence-electron chi connectivity index (χ0n) is 15.3. The van der Waals surface area contributed by atoms with Gasteiger partial charge in [0.25, 0.3) is 0 Å². The number of carbonyl (C=O) groups is 1. The molecule has 1 aliphatic heterocycles. The first-order chi connectivity index (χ1) is 12.1. The summed E-state index contributed by atoms with van der Waals surface area (Å²) >= 11 is 1.62. The summed E-state index contributed by atoms with van der Waals surface area (Å²) in [6.07, 6.45) is 1.81. The zero-order valence-corrected chi connectivity index (χ0v) is 16.9. The van der Waals surface area contributed by atoms with E-state index in [9.17, 15) is 4.79 Å². The van der Waals surface area contributed by atoms with Crippen molar-refractivity contribution in [3.63, 3.8) is 0 Å². The molecule has 2 atom stereocenters. The number of halogens is 1. The van der Waals surface area contributed by atoms with Crippen molar-refractivity contribution in [1.29, 1.82) is 0 Å². The first-order valence-electron chi connectivity index (χ1n) is 8.79. The maximum atomic E-state index is 12.5. The predicted molar refractivity (Wildman–Crippen MR) is 110 cm³/mol. The number of hydrogen-bond acceptors (Lipinski definition) is 5. The van der Waals surface area contributed by atoms with Crippen LogP contribution in [0.15, 0.2) is 35.2 Å². The van der Waals surface area contributed by atoms with Crippen LogP contribution in [0.3, 0.4) is 0 Å². The van der Waals surface area contributed by atoms with Crippen LogP contribution in [0.2, 0.25) is 0 Å². The molecule has 3 rings (SSSR count). The Labute approximate surface area is 165 Å². The Bertz CT molecular complexity index is 695. The highest BCUT2D eigenvalue weighted by Gasteiger charge is 2.24. The molecular formula is C19H27ClN4OS. The van der Waals surface area contributed by atoms with Gasteiger partial charge in [0.05, 0.1) is 11.2 Å². The van der Waals surface area contributed by atoms with E-state index in [2.05, 4.69) is 52.0 Å². The standard InChI is InChI=1S/C19H26N4OS.ClH/c1-14-8-16(6-7-20-14)19(24)22-17-5-3-4-15(9-17)10-23(2)11-18-12-25-13-21-18;/h3-5,9,12-14,16,20H,6-8,10-11H2,1-2H3,(H,22,24);1H/t14-,16-;/m0./s1. The Kier molecular flexibility index (Phi) is 8.03. The molecule has 0 spiro atoms. The predicted octanol–water partition coefficient (Wildman–Crippen LogP) is 3.52. The van der Waals surface area contributed by atoms with Crippen molar-refractivity contribution < 1.29 is 4.79 Å². The number of anilines is 1. The van der Waals surface area contributed by atoms with Gasteiger partial charge in [0.2, 0.25) is 5.91 Å². The number of piperidine rings is 1. The maximum absolute atomic E-state index is 12.5. The molecule has 142 valence electrons. The first kappa shape index (κ1) is 20.8. The summed E-state index contributed by atoms with van der Waals surface area (Å²) in [5.74, 6) is 0.244. The third-order valence-electron chi connectivity index (χ3n) is 4.56. The van der Waals surface area contributed by atoms with E-state index in [4.69, 9.17) is 0 Å². The summed E-state index contributed by atoms with van der Waals surface area (Å²) in [6, 6.07) is 8.55. The fraction of sp³-hybridized carbons (Fsp3) is 0.474. The summed E-state index contributed by atoms with van der Waals surface area (Å²) in [7, 11) is 2.08. The van der Waals surface area contributed by atoms with Crippen molar-refractivity contribution >= 4 is 35.3 Å². The van der Waals surface area contributed by atoms with E-state index in [0.29, 0.717) is 6.04 Å². The molecule has 0 bridgehead atoms. The van der Waals surface area contributed by atoms with E-state index in [0.717, 1.165) is 43.9 Å². The molecule has 1 fully saturated rings. The topological polar surface area (TPSA) is 57.3 Å². The highest BCUT2D eigenvalue weighted by molar-refractivity contribution is 7.07. The monoisotopic (exact) mass is 394 g/mol. The Morgan fingerprint density at radius 1 is 1.42 bits per heavy atom. The minimum atomic E-state index is 0. The second-order valence-electron chi connectivity index (χ2n) is 6.92. The highest BCUT2D eigenvalue weighted by Crippen LogP contribution is 2.20. The van der Waals surface area contributed by atoms with Crippen LogP contribution in [0.1, 0.15) is 31.0 Å². The van der Waals surface area contributed by atoms with E-state index in [1.54, 1.807) is 11.3 Å². The Hall–Kier alpha value is -1.47. The third-order valence-corrected chi connectivity index (χ3v) is 5.19. The van der Waals surface area contributed by atoms with Gasteiger partial charge in [-0.3, -0.25) is 9.69 Å². The lowest BCUT2D eigenvalue weighted by Crippen LogP contribution is -2.40. The van der Waals surface area contributed by atoms with Gasteiger partial charge in [-0.15, -0.1) is 23.7 Å². The summed E-state index contributed by atoms with van der Waals surface area (Å²) in [6.45, 7) is 4.71. The summed E-state index contributed by atoms with van der Waals surface area (Å²) in [5, 5.41) is 8.56. The van der Waals surface area contributed by atoms with Crippen LogP contribution in [-0.2, 0) is 17.9 Å². The van der Waals surface area contributed by atoms with Crippen molar-refractivity contribution in [2.45, 2.75) is 38.9 Å². The average Bonchev–Trinajstić information content (AvgIpc) is 3.08. The Morgan fingerprint density at radius 2 is 2.27 bits per heavy atom. The minimum absolute atomic E-state index is 0. The van der Waals surface area contributed by atoms with Crippen LogP contribution in [0.25, 0.3) is 0 Å². The molecule has 26 heavy (non-hydrogen) atoms.